The Morgan fingerprint density at radius 2 is 1.82 bits per heavy atom. The maximum Gasteiger partial charge on any atom is -0.0144 e. The molecule has 0 N–H and O–H groups in total. The first kappa shape index (κ1) is 8.58. The molecule has 2 unspecified atom stereocenters. The van der Waals surface area contributed by atoms with Gasteiger partial charge in [0.05, 0.1) is 0 Å². The summed E-state index contributed by atoms with van der Waals surface area (Å²) in [5, 5.41) is 0. The fourth-order valence-electron chi connectivity index (χ4n) is 1.80. The smallest absolute Gasteiger partial charge is 0.0144 e. The summed E-state index contributed by atoms with van der Waals surface area (Å²) >= 11 is 0. The van der Waals surface area contributed by atoms with E-state index in [2.05, 4.69) is 45.1 Å². The lowest BCUT2D eigenvalue weighted by molar-refractivity contribution is 0.353. The van der Waals surface area contributed by atoms with Gasteiger partial charge in [-0.25, -0.2) is 0 Å². The van der Waals surface area contributed by atoms with E-state index < -0.39 is 0 Å². The van der Waals surface area contributed by atoms with Gasteiger partial charge in [-0.2, -0.15) is 0 Å². The van der Waals surface area contributed by atoms with Crippen molar-refractivity contribution in [1.29, 1.82) is 0 Å². The first-order valence-corrected chi connectivity index (χ1v) is 4.60. The lowest BCUT2D eigenvalue weighted by atomic mass is 9.79. The van der Waals surface area contributed by atoms with Gasteiger partial charge in [0.1, 0.15) is 0 Å². The van der Waals surface area contributed by atoms with E-state index in [1.165, 1.54) is 6.42 Å². The molecule has 0 aromatic rings. The van der Waals surface area contributed by atoms with Crippen molar-refractivity contribution in [2.45, 2.75) is 27.2 Å². The second-order valence-corrected chi connectivity index (χ2v) is 3.66. The first-order chi connectivity index (χ1) is 5.25. The Bertz CT molecular complexity index is 163. The number of hydrogen-bond acceptors (Lipinski definition) is 0. The van der Waals surface area contributed by atoms with E-state index in [0.717, 1.165) is 17.8 Å². The van der Waals surface area contributed by atoms with Crippen molar-refractivity contribution in [2.24, 2.45) is 17.8 Å². The van der Waals surface area contributed by atoms with E-state index in [1.54, 1.807) is 0 Å². The minimum atomic E-state index is 0.769. The molecule has 0 saturated heterocycles. The summed E-state index contributed by atoms with van der Waals surface area (Å²) in [5.74, 6) is 2.33. The predicted octanol–water partition coefficient (Wildman–Crippen LogP) is 3.41. The summed E-state index contributed by atoms with van der Waals surface area (Å²) in [6.45, 7) is 6.87. The van der Waals surface area contributed by atoms with Gasteiger partial charge in [0.25, 0.3) is 0 Å². The number of hydrogen-bond donors (Lipinski definition) is 0. The minimum Gasteiger partial charge on any atom is -0.0808 e. The molecule has 2 atom stereocenters. The second-order valence-electron chi connectivity index (χ2n) is 3.66. The molecule has 0 aliphatic heterocycles. The van der Waals surface area contributed by atoms with Gasteiger partial charge in [0.2, 0.25) is 0 Å². The molecule has 0 heterocycles. The molecule has 0 aromatic carbocycles. The van der Waals surface area contributed by atoms with Crippen LogP contribution >= 0.6 is 0 Å². The van der Waals surface area contributed by atoms with Crippen LogP contribution in [0.15, 0.2) is 24.3 Å². The van der Waals surface area contributed by atoms with Gasteiger partial charge in [-0.05, 0) is 24.2 Å². The molecule has 0 radical (unpaired) electrons. The van der Waals surface area contributed by atoms with Crippen LogP contribution in [0.3, 0.4) is 0 Å². The van der Waals surface area contributed by atoms with Crippen molar-refractivity contribution < 1.29 is 0 Å². The van der Waals surface area contributed by atoms with Crippen LogP contribution in [0, 0.1) is 17.8 Å². The van der Waals surface area contributed by atoms with Gasteiger partial charge in [0.15, 0.2) is 0 Å². The highest BCUT2D eigenvalue weighted by Gasteiger charge is 2.19. The molecule has 0 heteroatoms. The summed E-state index contributed by atoms with van der Waals surface area (Å²) in [6.07, 6.45) is 10.3. The Kier molecular flexibility index (Phi) is 2.92. The SMILES string of the molecule is CCC1C=CC=CC1C(C)C. The van der Waals surface area contributed by atoms with Crippen molar-refractivity contribution in [1.82, 2.24) is 0 Å². The van der Waals surface area contributed by atoms with Crippen LogP contribution < -0.4 is 0 Å². The van der Waals surface area contributed by atoms with Gasteiger partial charge in [0, 0.05) is 0 Å². The quantitative estimate of drug-likeness (QED) is 0.566. The van der Waals surface area contributed by atoms with E-state index in [0.29, 0.717) is 0 Å². The molecular weight excluding hydrogens is 132 g/mol. The van der Waals surface area contributed by atoms with E-state index >= 15 is 0 Å². The zero-order valence-electron chi connectivity index (χ0n) is 7.75. The molecule has 62 valence electrons. The van der Waals surface area contributed by atoms with Crippen LogP contribution in [0.25, 0.3) is 0 Å². The van der Waals surface area contributed by atoms with E-state index in [4.69, 9.17) is 0 Å². The predicted molar refractivity (Wildman–Crippen MR) is 50.4 cm³/mol. The average molecular weight is 150 g/mol. The molecule has 0 aromatic heterocycles. The molecular formula is C11H18. The molecule has 0 nitrogen and oxygen atoms in total. The van der Waals surface area contributed by atoms with E-state index in [1.807, 2.05) is 0 Å². The fourth-order valence-corrected chi connectivity index (χ4v) is 1.80. The minimum absolute atomic E-state index is 0.769. The topological polar surface area (TPSA) is 0 Å². The first-order valence-electron chi connectivity index (χ1n) is 4.60. The van der Waals surface area contributed by atoms with Crippen molar-refractivity contribution in [3.8, 4) is 0 Å². The second kappa shape index (κ2) is 3.75. The van der Waals surface area contributed by atoms with Crippen molar-refractivity contribution >= 4 is 0 Å². The Labute approximate surface area is 70.0 Å². The highest BCUT2D eigenvalue weighted by atomic mass is 14.2. The third kappa shape index (κ3) is 1.95. The Morgan fingerprint density at radius 3 is 2.27 bits per heavy atom. The number of allylic oxidation sites excluding steroid dienone is 4. The molecule has 11 heavy (non-hydrogen) atoms. The molecule has 0 saturated carbocycles. The Morgan fingerprint density at radius 1 is 1.18 bits per heavy atom. The lowest BCUT2D eigenvalue weighted by Crippen LogP contribution is -2.17. The van der Waals surface area contributed by atoms with Crippen LogP contribution in [0.2, 0.25) is 0 Å². The summed E-state index contributed by atoms with van der Waals surface area (Å²) in [5.41, 5.74) is 0. The number of rotatable bonds is 2. The van der Waals surface area contributed by atoms with Gasteiger partial charge in [-0.15, -0.1) is 0 Å². The standard InChI is InChI=1S/C11H18/c1-4-10-7-5-6-8-11(10)9(2)3/h5-11H,4H2,1-3H3. The van der Waals surface area contributed by atoms with Crippen LogP contribution in [0.5, 0.6) is 0 Å². The van der Waals surface area contributed by atoms with Crippen LogP contribution in [-0.4, -0.2) is 0 Å². The Balaban J connectivity index is 2.63. The normalized spacial score (nSPS) is 29.8. The highest BCUT2D eigenvalue weighted by Crippen LogP contribution is 2.28. The zero-order chi connectivity index (χ0) is 8.27. The van der Waals surface area contributed by atoms with Crippen LogP contribution in [-0.2, 0) is 0 Å². The van der Waals surface area contributed by atoms with Gasteiger partial charge in [-0.1, -0.05) is 45.1 Å². The van der Waals surface area contributed by atoms with Crippen LogP contribution in [0.1, 0.15) is 27.2 Å². The lowest BCUT2D eigenvalue weighted by Gasteiger charge is -2.26. The summed E-state index contributed by atoms with van der Waals surface area (Å²) < 4.78 is 0. The third-order valence-electron chi connectivity index (χ3n) is 2.54. The maximum atomic E-state index is 2.35. The van der Waals surface area contributed by atoms with E-state index in [9.17, 15) is 0 Å². The summed E-state index contributed by atoms with van der Waals surface area (Å²) in [6, 6.07) is 0. The summed E-state index contributed by atoms with van der Waals surface area (Å²) in [7, 11) is 0. The molecule has 0 fully saturated rings. The van der Waals surface area contributed by atoms with Crippen LogP contribution in [0.4, 0.5) is 0 Å². The molecule has 1 aliphatic rings. The highest BCUT2D eigenvalue weighted by molar-refractivity contribution is 5.14. The molecule has 0 amide bonds. The van der Waals surface area contributed by atoms with Crippen molar-refractivity contribution in [3.63, 3.8) is 0 Å². The fraction of sp³-hybridized carbons (Fsp3) is 0.636. The third-order valence-corrected chi connectivity index (χ3v) is 2.54. The van der Waals surface area contributed by atoms with Crippen molar-refractivity contribution in [3.05, 3.63) is 24.3 Å². The zero-order valence-corrected chi connectivity index (χ0v) is 7.75. The van der Waals surface area contributed by atoms with Gasteiger partial charge >= 0.3 is 0 Å². The van der Waals surface area contributed by atoms with E-state index in [-0.39, 0.29) is 0 Å². The largest absolute Gasteiger partial charge is 0.0808 e. The molecule has 0 bridgehead atoms. The Hall–Kier alpha value is -0.520. The van der Waals surface area contributed by atoms with Gasteiger partial charge < -0.3 is 0 Å². The average Bonchev–Trinajstić information content (AvgIpc) is 2.04. The molecule has 0 spiro atoms. The molecule has 1 aliphatic carbocycles. The van der Waals surface area contributed by atoms with Gasteiger partial charge in [-0.3, -0.25) is 0 Å². The van der Waals surface area contributed by atoms with Crippen molar-refractivity contribution in [2.75, 3.05) is 0 Å². The summed E-state index contributed by atoms with van der Waals surface area (Å²) in [4.78, 5) is 0. The monoisotopic (exact) mass is 150 g/mol. The maximum absolute atomic E-state index is 2.35. The molecule has 1 rings (SSSR count).